The molecule has 0 aromatic heterocycles. The molecule has 1 heterocycles. The normalized spacial score (nSPS) is 17.3. The molecule has 1 aromatic carbocycles. The smallest absolute Gasteiger partial charge is 0.334 e. The molecule has 0 bridgehead atoms. The summed E-state index contributed by atoms with van der Waals surface area (Å²) in [5, 5.41) is 0. The molecular formula is C21H24F2O2. The first-order valence-corrected chi connectivity index (χ1v) is 8.53. The van der Waals surface area contributed by atoms with Gasteiger partial charge in [0.15, 0.2) is 6.10 Å². The molecule has 25 heavy (non-hydrogen) atoms. The van der Waals surface area contributed by atoms with Gasteiger partial charge in [-0.2, -0.15) is 0 Å². The van der Waals surface area contributed by atoms with Crippen molar-refractivity contribution >= 4 is 5.97 Å². The average Bonchev–Trinajstić information content (AvgIpc) is 2.87. The Hall–Kier alpha value is -2.23. The number of halogens is 2. The van der Waals surface area contributed by atoms with E-state index in [1.807, 2.05) is 0 Å². The van der Waals surface area contributed by atoms with Crippen LogP contribution in [-0.4, -0.2) is 5.97 Å². The van der Waals surface area contributed by atoms with Crippen LogP contribution in [0.25, 0.3) is 0 Å². The third-order valence-electron chi connectivity index (χ3n) is 4.13. The Morgan fingerprint density at radius 3 is 2.44 bits per heavy atom. The highest BCUT2D eigenvalue weighted by Gasteiger charge is 2.30. The summed E-state index contributed by atoms with van der Waals surface area (Å²) in [4.78, 5) is 11.9. The topological polar surface area (TPSA) is 26.3 Å². The molecule has 1 aromatic rings. The fraction of sp³-hybridized carbons (Fsp3) is 0.381. The molecule has 0 fully saturated rings. The number of cyclic esters (lactones) is 1. The molecule has 134 valence electrons. The van der Waals surface area contributed by atoms with Crippen molar-refractivity contribution in [1.82, 2.24) is 0 Å². The van der Waals surface area contributed by atoms with E-state index in [9.17, 15) is 13.6 Å². The summed E-state index contributed by atoms with van der Waals surface area (Å²) in [7, 11) is 0. The molecule has 1 aliphatic rings. The first-order chi connectivity index (χ1) is 11.9. The number of ether oxygens (including phenoxy) is 1. The lowest BCUT2D eigenvalue weighted by Crippen LogP contribution is -2.06. The standard InChI is InChI=1S/C21H24F2O2/c1-14(2)7-4-8-15(3)9-5-10-16-13-19(25-21(16)24)20-17(22)11-6-12-18(20)23/h6-7,9,11-13,19H,4-5,8,10H2,1-3H3/b15-9+/t19-/m0/s1. The molecule has 1 atom stereocenters. The van der Waals surface area contributed by atoms with E-state index in [-0.39, 0.29) is 5.56 Å². The van der Waals surface area contributed by atoms with Crippen molar-refractivity contribution in [2.45, 2.75) is 52.6 Å². The summed E-state index contributed by atoms with van der Waals surface area (Å²) in [5.41, 5.74) is 2.83. The van der Waals surface area contributed by atoms with Crippen molar-refractivity contribution in [3.63, 3.8) is 0 Å². The van der Waals surface area contributed by atoms with Gasteiger partial charge < -0.3 is 4.74 Å². The van der Waals surface area contributed by atoms with Crippen LogP contribution in [-0.2, 0) is 9.53 Å². The second-order valence-corrected chi connectivity index (χ2v) is 6.56. The number of rotatable bonds is 7. The number of benzene rings is 1. The van der Waals surface area contributed by atoms with Crippen LogP contribution in [0.15, 0.2) is 53.1 Å². The summed E-state index contributed by atoms with van der Waals surface area (Å²) in [6.07, 6.45) is 8.04. The second kappa shape index (κ2) is 8.75. The highest BCUT2D eigenvalue weighted by atomic mass is 19.1. The van der Waals surface area contributed by atoms with Crippen LogP contribution >= 0.6 is 0 Å². The third-order valence-corrected chi connectivity index (χ3v) is 4.13. The maximum absolute atomic E-state index is 13.8. The van der Waals surface area contributed by atoms with Crippen LogP contribution in [0.3, 0.4) is 0 Å². The highest BCUT2D eigenvalue weighted by molar-refractivity contribution is 5.91. The molecule has 4 heteroatoms. The number of hydrogen-bond donors (Lipinski definition) is 0. The molecule has 0 radical (unpaired) electrons. The number of hydrogen-bond acceptors (Lipinski definition) is 2. The number of esters is 1. The zero-order valence-corrected chi connectivity index (χ0v) is 14.9. The predicted molar refractivity (Wildman–Crippen MR) is 94.9 cm³/mol. The van der Waals surface area contributed by atoms with Gasteiger partial charge in [-0.15, -0.1) is 0 Å². The lowest BCUT2D eigenvalue weighted by molar-refractivity contribution is -0.140. The first-order valence-electron chi connectivity index (χ1n) is 8.53. The van der Waals surface area contributed by atoms with E-state index in [4.69, 9.17) is 4.74 Å². The Morgan fingerprint density at radius 1 is 1.12 bits per heavy atom. The van der Waals surface area contributed by atoms with E-state index in [0.29, 0.717) is 18.4 Å². The van der Waals surface area contributed by atoms with Crippen molar-refractivity contribution in [3.8, 4) is 0 Å². The quantitative estimate of drug-likeness (QED) is 0.449. The van der Waals surface area contributed by atoms with Gasteiger partial charge in [0.2, 0.25) is 0 Å². The van der Waals surface area contributed by atoms with Crippen molar-refractivity contribution < 1.29 is 18.3 Å². The first kappa shape index (κ1) is 19.1. The number of carbonyl (C=O) groups excluding carboxylic acids is 1. The van der Waals surface area contributed by atoms with Gasteiger partial charge in [-0.3, -0.25) is 0 Å². The summed E-state index contributed by atoms with van der Waals surface area (Å²) in [6.45, 7) is 6.22. The molecule has 1 aliphatic heterocycles. The molecule has 0 saturated heterocycles. The second-order valence-electron chi connectivity index (χ2n) is 6.56. The maximum Gasteiger partial charge on any atom is 0.334 e. The molecule has 0 unspecified atom stereocenters. The number of allylic oxidation sites excluding steroid dienone is 4. The van der Waals surface area contributed by atoms with Crippen LogP contribution in [0.4, 0.5) is 8.78 Å². The van der Waals surface area contributed by atoms with Gasteiger partial charge >= 0.3 is 5.97 Å². The van der Waals surface area contributed by atoms with Crippen LogP contribution in [0.2, 0.25) is 0 Å². The molecular weight excluding hydrogens is 322 g/mol. The Kier molecular flexibility index (Phi) is 6.68. The van der Waals surface area contributed by atoms with Crippen LogP contribution in [0.5, 0.6) is 0 Å². The van der Waals surface area contributed by atoms with Gasteiger partial charge in [0.25, 0.3) is 0 Å². The highest BCUT2D eigenvalue weighted by Crippen LogP contribution is 2.32. The molecule has 0 N–H and O–H groups in total. The molecule has 2 rings (SSSR count). The summed E-state index contributed by atoms with van der Waals surface area (Å²) in [5.74, 6) is -1.90. The van der Waals surface area contributed by atoms with Gasteiger partial charge in [0.05, 0.1) is 5.56 Å². The van der Waals surface area contributed by atoms with Gasteiger partial charge in [0, 0.05) is 5.57 Å². The minimum atomic E-state index is -0.980. The van der Waals surface area contributed by atoms with Crippen molar-refractivity contribution in [1.29, 1.82) is 0 Å². The van der Waals surface area contributed by atoms with Gasteiger partial charge in [-0.1, -0.05) is 29.4 Å². The summed E-state index contributed by atoms with van der Waals surface area (Å²) < 4.78 is 32.8. The minimum absolute atomic E-state index is 0.209. The van der Waals surface area contributed by atoms with Crippen LogP contribution in [0, 0.1) is 11.6 Å². The van der Waals surface area contributed by atoms with Crippen LogP contribution in [0.1, 0.15) is 58.1 Å². The Labute approximate surface area is 147 Å². The van der Waals surface area contributed by atoms with Crippen molar-refractivity contribution in [2.75, 3.05) is 0 Å². The zero-order chi connectivity index (χ0) is 18.4. The fourth-order valence-corrected chi connectivity index (χ4v) is 2.75. The predicted octanol–water partition coefficient (Wildman–Crippen LogP) is 5.96. The third kappa shape index (κ3) is 5.38. The Morgan fingerprint density at radius 2 is 1.80 bits per heavy atom. The van der Waals surface area contributed by atoms with E-state index in [0.717, 1.165) is 25.0 Å². The van der Waals surface area contributed by atoms with Crippen molar-refractivity contribution in [2.24, 2.45) is 0 Å². The van der Waals surface area contributed by atoms with Gasteiger partial charge in [-0.05, 0) is 64.7 Å². The van der Waals surface area contributed by atoms with Crippen molar-refractivity contribution in [3.05, 3.63) is 70.3 Å². The summed E-state index contributed by atoms with van der Waals surface area (Å²) in [6, 6.07) is 3.62. The Balaban J connectivity index is 1.96. The summed E-state index contributed by atoms with van der Waals surface area (Å²) >= 11 is 0. The molecule has 0 spiro atoms. The fourth-order valence-electron chi connectivity index (χ4n) is 2.75. The van der Waals surface area contributed by atoms with E-state index < -0.39 is 23.7 Å². The molecule has 0 aliphatic carbocycles. The van der Waals surface area contributed by atoms with Gasteiger partial charge in [0.1, 0.15) is 11.6 Å². The monoisotopic (exact) mass is 346 g/mol. The van der Waals surface area contributed by atoms with E-state index in [1.165, 1.54) is 23.3 Å². The Bertz CT molecular complexity index is 705. The lowest BCUT2D eigenvalue weighted by atomic mass is 10.0. The average molecular weight is 346 g/mol. The largest absolute Gasteiger partial charge is 0.450 e. The zero-order valence-electron chi connectivity index (χ0n) is 14.9. The SMILES string of the molecule is CC(C)=CCC/C(C)=C/CCC1=C[C@@H](c2c(F)cccc2F)OC1=O. The molecule has 2 nitrogen and oxygen atoms in total. The number of carbonyl (C=O) groups is 1. The molecule has 0 saturated carbocycles. The van der Waals surface area contributed by atoms with E-state index in [2.05, 4.69) is 32.9 Å². The lowest BCUT2D eigenvalue weighted by Gasteiger charge is -2.10. The maximum atomic E-state index is 13.8. The molecule has 0 amide bonds. The van der Waals surface area contributed by atoms with Crippen LogP contribution < -0.4 is 0 Å². The minimum Gasteiger partial charge on any atom is -0.450 e. The van der Waals surface area contributed by atoms with E-state index in [1.54, 1.807) is 0 Å². The van der Waals surface area contributed by atoms with Gasteiger partial charge in [-0.25, -0.2) is 13.6 Å². The van der Waals surface area contributed by atoms with E-state index >= 15 is 0 Å².